The fraction of sp³-hybridized carbons (Fsp3) is 0.846. The van der Waals surface area contributed by atoms with Crippen LogP contribution < -0.4 is 10.6 Å². The maximum atomic E-state index is 11.7. The highest BCUT2D eigenvalue weighted by atomic mass is 16.4. The van der Waals surface area contributed by atoms with Crippen molar-refractivity contribution in [3.8, 4) is 0 Å². The Bertz CT molecular complexity index is 340. The van der Waals surface area contributed by atoms with Crippen LogP contribution in [0.1, 0.15) is 32.1 Å². The summed E-state index contributed by atoms with van der Waals surface area (Å²) in [4.78, 5) is 24.7. The molecule has 0 aliphatic heterocycles. The number of nitrogens with zero attached hydrogens (tertiary/aromatic N) is 1. The van der Waals surface area contributed by atoms with E-state index in [4.69, 9.17) is 5.11 Å². The van der Waals surface area contributed by atoms with Gasteiger partial charge in [-0.2, -0.15) is 0 Å². The second-order valence-corrected chi connectivity index (χ2v) is 5.65. The summed E-state index contributed by atoms with van der Waals surface area (Å²) in [6, 6.07) is 0.220. The Morgan fingerprint density at radius 1 is 1.32 bits per heavy atom. The predicted molar refractivity (Wildman–Crippen MR) is 71.0 cm³/mol. The molecule has 6 heteroatoms. The predicted octanol–water partition coefficient (Wildman–Crippen LogP) is 0.633. The van der Waals surface area contributed by atoms with E-state index < -0.39 is 5.97 Å². The van der Waals surface area contributed by atoms with E-state index in [9.17, 15) is 9.59 Å². The van der Waals surface area contributed by atoms with Gasteiger partial charge in [0, 0.05) is 25.2 Å². The quantitative estimate of drug-likeness (QED) is 0.604. The Kier molecular flexibility index (Phi) is 4.63. The molecule has 2 aliphatic carbocycles. The molecule has 2 aliphatic rings. The molecule has 2 fully saturated rings. The number of carboxylic acid groups (broad SMARTS) is 1. The molecule has 0 bridgehead atoms. The average Bonchev–Trinajstić information content (AvgIpc) is 3.16. The van der Waals surface area contributed by atoms with Gasteiger partial charge in [0.1, 0.15) is 0 Å². The zero-order valence-corrected chi connectivity index (χ0v) is 11.4. The van der Waals surface area contributed by atoms with Crippen LogP contribution in [0.4, 0.5) is 4.79 Å². The van der Waals surface area contributed by atoms with Crippen molar-refractivity contribution < 1.29 is 14.7 Å². The van der Waals surface area contributed by atoms with Gasteiger partial charge in [0.15, 0.2) is 0 Å². The lowest BCUT2D eigenvalue weighted by atomic mass is 10.1. The first kappa shape index (κ1) is 14.1. The van der Waals surface area contributed by atoms with Crippen LogP contribution >= 0.6 is 0 Å². The number of carboxylic acids is 1. The van der Waals surface area contributed by atoms with Gasteiger partial charge < -0.3 is 20.6 Å². The summed E-state index contributed by atoms with van der Waals surface area (Å²) < 4.78 is 0. The molecule has 0 heterocycles. The molecule has 0 saturated heterocycles. The van der Waals surface area contributed by atoms with Crippen molar-refractivity contribution in [2.75, 3.05) is 20.1 Å². The monoisotopic (exact) mass is 269 g/mol. The van der Waals surface area contributed by atoms with Crippen molar-refractivity contribution in [2.24, 2.45) is 5.92 Å². The van der Waals surface area contributed by atoms with Crippen molar-refractivity contribution in [3.63, 3.8) is 0 Å². The van der Waals surface area contributed by atoms with Crippen LogP contribution in [0.25, 0.3) is 0 Å². The molecule has 1 atom stereocenters. The van der Waals surface area contributed by atoms with Gasteiger partial charge in [-0.25, -0.2) is 4.79 Å². The number of aliphatic carboxylic acids is 1. The van der Waals surface area contributed by atoms with Crippen LogP contribution in [0, 0.1) is 5.92 Å². The number of hydrogen-bond donors (Lipinski definition) is 3. The third-order valence-electron chi connectivity index (χ3n) is 3.82. The molecule has 0 aromatic carbocycles. The minimum absolute atomic E-state index is 0.0140. The van der Waals surface area contributed by atoms with E-state index in [0.717, 1.165) is 19.4 Å². The number of urea groups is 1. The van der Waals surface area contributed by atoms with Crippen LogP contribution in [0.15, 0.2) is 0 Å². The normalized spacial score (nSPS) is 20.1. The van der Waals surface area contributed by atoms with Gasteiger partial charge in [0.2, 0.25) is 0 Å². The Labute approximate surface area is 113 Å². The molecule has 0 radical (unpaired) electrons. The molecule has 0 aromatic heterocycles. The second kappa shape index (κ2) is 6.23. The lowest BCUT2D eigenvalue weighted by molar-refractivity contribution is -0.137. The van der Waals surface area contributed by atoms with Crippen LogP contribution in [0.5, 0.6) is 0 Å². The van der Waals surface area contributed by atoms with Gasteiger partial charge in [-0.15, -0.1) is 0 Å². The van der Waals surface area contributed by atoms with Gasteiger partial charge in [-0.05, 0) is 38.6 Å². The van der Waals surface area contributed by atoms with Crippen LogP contribution in [0.2, 0.25) is 0 Å². The largest absolute Gasteiger partial charge is 0.481 e. The van der Waals surface area contributed by atoms with Gasteiger partial charge in [-0.1, -0.05) is 0 Å². The maximum absolute atomic E-state index is 11.7. The highest BCUT2D eigenvalue weighted by Crippen LogP contribution is 2.33. The SMILES string of the molecule is CN(CCNC(=O)NC(CC(=O)O)C1CC1)C1CC1. The van der Waals surface area contributed by atoms with Crippen molar-refractivity contribution in [3.05, 3.63) is 0 Å². The van der Waals surface area contributed by atoms with Gasteiger partial charge >= 0.3 is 12.0 Å². The summed E-state index contributed by atoms with van der Waals surface area (Å²) in [5.74, 6) is -0.512. The number of carbonyl (C=O) groups excluding carboxylic acids is 1. The van der Waals surface area contributed by atoms with Crippen molar-refractivity contribution >= 4 is 12.0 Å². The molecule has 2 amide bonds. The zero-order chi connectivity index (χ0) is 13.8. The summed E-state index contributed by atoms with van der Waals surface area (Å²) in [6.07, 6.45) is 4.56. The molecule has 1 unspecified atom stereocenters. The molecule has 6 nitrogen and oxygen atoms in total. The van der Waals surface area contributed by atoms with E-state index in [2.05, 4.69) is 22.6 Å². The molecule has 0 spiro atoms. The fourth-order valence-electron chi connectivity index (χ4n) is 2.29. The summed E-state index contributed by atoms with van der Waals surface area (Å²) >= 11 is 0. The molecule has 3 N–H and O–H groups in total. The number of amides is 2. The second-order valence-electron chi connectivity index (χ2n) is 5.65. The summed E-state index contributed by atoms with van der Waals surface area (Å²) in [5.41, 5.74) is 0. The average molecular weight is 269 g/mol. The highest BCUT2D eigenvalue weighted by Gasteiger charge is 2.33. The number of hydrogen-bond acceptors (Lipinski definition) is 3. The van der Waals surface area contributed by atoms with E-state index >= 15 is 0 Å². The molecule has 2 rings (SSSR count). The Balaban J connectivity index is 1.62. The van der Waals surface area contributed by atoms with Crippen LogP contribution in [-0.2, 0) is 4.79 Å². The number of nitrogens with one attached hydrogen (secondary N) is 2. The Morgan fingerprint density at radius 2 is 2.00 bits per heavy atom. The van der Waals surface area contributed by atoms with Crippen molar-refractivity contribution in [1.82, 2.24) is 15.5 Å². The van der Waals surface area contributed by atoms with Crippen molar-refractivity contribution in [2.45, 2.75) is 44.2 Å². The lowest BCUT2D eigenvalue weighted by Crippen LogP contribution is -2.46. The van der Waals surface area contributed by atoms with Crippen LogP contribution in [0.3, 0.4) is 0 Å². The van der Waals surface area contributed by atoms with Crippen LogP contribution in [-0.4, -0.2) is 54.2 Å². The first-order valence-corrected chi connectivity index (χ1v) is 7.02. The zero-order valence-electron chi connectivity index (χ0n) is 11.4. The highest BCUT2D eigenvalue weighted by molar-refractivity contribution is 5.75. The standard InChI is InChI=1S/C13H23N3O3/c1-16(10-4-5-10)7-6-14-13(19)15-11(8-12(17)18)9-2-3-9/h9-11H,2-8H2,1H3,(H,17,18)(H2,14,15,19). The van der Waals surface area contributed by atoms with E-state index in [1.54, 1.807) is 0 Å². The summed E-state index contributed by atoms with van der Waals surface area (Å²) in [6.45, 7) is 1.44. The molecule has 2 saturated carbocycles. The minimum atomic E-state index is -0.856. The van der Waals surface area contributed by atoms with E-state index in [1.165, 1.54) is 12.8 Å². The number of likely N-dealkylation sites (N-methyl/N-ethyl adjacent to an activating group) is 1. The van der Waals surface area contributed by atoms with E-state index in [1.807, 2.05) is 0 Å². The summed E-state index contributed by atoms with van der Waals surface area (Å²) in [7, 11) is 2.06. The molecular weight excluding hydrogens is 246 g/mol. The van der Waals surface area contributed by atoms with Gasteiger partial charge in [0.25, 0.3) is 0 Å². The Morgan fingerprint density at radius 3 is 2.53 bits per heavy atom. The third kappa shape index (κ3) is 5.06. The van der Waals surface area contributed by atoms with Gasteiger partial charge in [-0.3, -0.25) is 4.79 Å². The first-order valence-electron chi connectivity index (χ1n) is 7.02. The molecular formula is C13H23N3O3. The third-order valence-corrected chi connectivity index (χ3v) is 3.82. The maximum Gasteiger partial charge on any atom is 0.315 e. The number of carbonyl (C=O) groups is 2. The summed E-state index contributed by atoms with van der Waals surface area (Å²) in [5, 5.41) is 14.4. The van der Waals surface area contributed by atoms with Crippen molar-refractivity contribution in [1.29, 1.82) is 0 Å². The lowest BCUT2D eigenvalue weighted by Gasteiger charge is -2.19. The topological polar surface area (TPSA) is 81.7 Å². The number of rotatable bonds is 8. The van der Waals surface area contributed by atoms with E-state index in [0.29, 0.717) is 18.5 Å². The smallest absolute Gasteiger partial charge is 0.315 e. The minimum Gasteiger partial charge on any atom is -0.481 e. The fourth-order valence-corrected chi connectivity index (χ4v) is 2.29. The first-order chi connectivity index (χ1) is 9.06. The molecule has 0 aromatic rings. The van der Waals surface area contributed by atoms with E-state index in [-0.39, 0.29) is 18.5 Å². The Hall–Kier alpha value is -1.30. The van der Waals surface area contributed by atoms with Gasteiger partial charge in [0.05, 0.1) is 6.42 Å². The molecule has 19 heavy (non-hydrogen) atoms. The molecule has 108 valence electrons.